The Labute approximate surface area is 150 Å². The van der Waals surface area contributed by atoms with Crippen LogP contribution in [0.4, 0.5) is 0 Å². The number of benzene rings is 2. The molecule has 0 saturated heterocycles. The molecule has 134 valence electrons. The van der Waals surface area contributed by atoms with Gasteiger partial charge in [0.15, 0.2) is 6.29 Å². The topological polar surface area (TPSA) is 36.9 Å². The molecule has 0 N–H and O–H groups in total. The second-order valence-electron chi connectivity index (χ2n) is 5.68. The Morgan fingerprint density at radius 2 is 1.20 bits per heavy atom. The van der Waals surface area contributed by atoms with E-state index in [1.807, 2.05) is 68.5 Å². The maximum Gasteiger partial charge on any atom is 0.180 e. The lowest BCUT2D eigenvalue weighted by atomic mass is 10.2. The van der Waals surface area contributed by atoms with Crippen LogP contribution in [0.3, 0.4) is 0 Å². The largest absolute Gasteiger partial charge is 0.497 e. The Kier molecular flexibility index (Phi) is 7.51. The molecule has 0 aliphatic rings. The van der Waals surface area contributed by atoms with E-state index in [1.165, 1.54) is 0 Å². The van der Waals surface area contributed by atoms with Crippen molar-refractivity contribution in [3.63, 3.8) is 0 Å². The molecule has 0 aliphatic heterocycles. The van der Waals surface area contributed by atoms with E-state index in [0.29, 0.717) is 13.2 Å². The molecule has 4 heteroatoms. The second kappa shape index (κ2) is 9.87. The summed E-state index contributed by atoms with van der Waals surface area (Å²) < 4.78 is 22.3. The van der Waals surface area contributed by atoms with E-state index in [1.54, 1.807) is 14.2 Å². The van der Waals surface area contributed by atoms with Gasteiger partial charge in [0.1, 0.15) is 11.5 Å². The molecule has 0 fully saturated rings. The predicted molar refractivity (Wildman–Crippen MR) is 98.8 cm³/mol. The summed E-state index contributed by atoms with van der Waals surface area (Å²) in [5, 5.41) is 0. The molecule has 2 aromatic rings. The van der Waals surface area contributed by atoms with Gasteiger partial charge in [-0.3, -0.25) is 0 Å². The monoisotopic (exact) mass is 342 g/mol. The minimum atomic E-state index is -0.380. The third-order valence-electron chi connectivity index (χ3n) is 3.95. The molecular formula is C21H26O4. The van der Waals surface area contributed by atoms with Crippen LogP contribution in [0, 0.1) is 0 Å². The fraction of sp³-hybridized carbons (Fsp3) is 0.333. The van der Waals surface area contributed by atoms with Crippen LogP contribution in [0.1, 0.15) is 25.0 Å². The first kappa shape index (κ1) is 19.0. The van der Waals surface area contributed by atoms with Gasteiger partial charge in [-0.2, -0.15) is 0 Å². The van der Waals surface area contributed by atoms with Gasteiger partial charge in [0.25, 0.3) is 0 Å². The summed E-state index contributed by atoms with van der Waals surface area (Å²) in [4.78, 5) is 0. The number of ether oxygens (including phenoxy) is 4. The molecule has 0 saturated carbocycles. The van der Waals surface area contributed by atoms with Crippen LogP contribution in [-0.4, -0.2) is 20.5 Å². The Hall–Kier alpha value is -2.30. The second-order valence-corrected chi connectivity index (χ2v) is 5.68. The van der Waals surface area contributed by atoms with E-state index in [9.17, 15) is 0 Å². The number of allylic oxidation sites excluding steroid dienone is 1. The van der Waals surface area contributed by atoms with Crippen LogP contribution in [0.15, 0.2) is 60.2 Å². The van der Waals surface area contributed by atoms with E-state index in [0.717, 1.165) is 28.2 Å². The SMILES string of the molecule is C/C=C(\C)C(OCc1ccc(OC)cc1)OCc1ccc(OC)cc1. The van der Waals surface area contributed by atoms with Crippen molar-refractivity contribution in [1.29, 1.82) is 0 Å². The zero-order chi connectivity index (χ0) is 18.1. The smallest absolute Gasteiger partial charge is 0.180 e. The summed E-state index contributed by atoms with van der Waals surface area (Å²) in [6, 6.07) is 15.7. The first-order chi connectivity index (χ1) is 12.2. The molecule has 2 rings (SSSR count). The van der Waals surface area contributed by atoms with Crippen molar-refractivity contribution in [3.05, 3.63) is 71.3 Å². The summed E-state index contributed by atoms with van der Waals surface area (Å²) in [6.45, 7) is 4.94. The Balaban J connectivity index is 1.93. The third kappa shape index (κ3) is 5.93. The molecule has 2 aromatic carbocycles. The highest BCUT2D eigenvalue weighted by Crippen LogP contribution is 2.18. The quantitative estimate of drug-likeness (QED) is 0.488. The minimum absolute atomic E-state index is 0.380. The lowest BCUT2D eigenvalue weighted by molar-refractivity contribution is -0.133. The van der Waals surface area contributed by atoms with Crippen molar-refractivity contribution in [2.45, 2.75) is 33.4 Å². The van der Waals surface area contributed by atoms with E-state index in [2.05, 4.69) is 0 Å². The first-order valence-electron chi connectivity index (χ1n) is 8.28. The summed E-state index contributed by atoms with van der Waals surface area (Å²) in [7, 11) is 3.31. The molecule has 0 aromatic heterocycles. The summed E-state index contributed by atoms with van der Waals surface area (Å²) in [5.74, 6) is 1.67. The van der Waals surface area contributed by atoms with Gasteiger partial charge in [0.2, 0.25) is 0 Å². The summed E-state index contributed by atoms with van der Waals surface area (Å²) in [6.07, 6.45) is 1.63. The molecule has 0 spiro atoms. The average molecular weight is 342 g/mol. The fourth-order valence-corrected chi connectivity index (χ4v) is 2.23. The summed E-state index contributed by atoms with van der Waals surface area (Å²) >= 11 is 0. The number of methoxy groups -OCH3 is 2. The Morgan fingerprint density at radius 3 is 1.52 bits per heavy atom. The highest BCUT2D eigenvalue weighted by molar-refractivity contribution is 5.27. The highest BCUT2D eigenvalue weighted by atomic mass is 16.7. The van der Waals surface area contributed by atoms with Crippen molar-refractivity contribution in [3.8, 4) is 11.5 Å². The first-order valence-corrected chi connectivity index (χ1v) is 8.28. The predicted octanol–water partition coefficient (Wildman–Crippen LogP) is 4.73. The number of rotatable bonds is 9. The van der Waals surface area contributed by atoms with E-state index < -0.39 is 0 Å². The maximum absolute atomic E-state index is 5.96. The van der Waals surface area contributed by atoms with E-state index in [-0.39, 0.29) is 6.29 Å². The third-order valence-corrected chi connectivity index (χ3v) is 3.95. The van der Waals surface area contributed by atoms with E-state index in [4.69, 9.17) is 18.9 Å². The molecule has 4 nitrogen and oxygen atoms in total. The van der Waals surface area contributed by atoms with Crippen LogP contribution >= 0.6 is 0 Å². The number of hydrogen-bond acceptors (Lipinski definition) is 4. The molecule has 0 atom stereocenters. The van der Waals surface area contributed by atoms with Crippen molar-refractivity contribution >= 4 is 0 Å². The molecule has 0 bridgehead atoms. The normalized spacial score (nSPS) is 11.6. The highest BCUT2D eigenvalue weighted by Gasteiger charge is 2.12. The van der Waals surface area contributed by atoms with Crippen LogP contribution in [-0.2, 0) is 22.7 Å². The van der Waals surface area contributed by atoms with Crippen molar-refractivity contribution < 1.29 is 18.9 Å². The molecule has 0 heterocycles. The van der Waals surface area contributed by atoms with E-state index >= 15 is 0 Å². The van der Waals surface area contributed by atoms with Gasteiger partial charge >= 0.3 is 0 Å². The minimum Gasteiger partial charge on any atom is -0.497 e. The molecule has 0 aliphatic carbocycles. The van der Waals surface area contributed by atoms with Crippen LogP contribution < -0.4 is 9.47 Å². The maximum atomic E-state index is 5.96. The number of hydrogen-bond donors (Lipinski definition) is 0. The van der Waals surface area contributed by atoms with Gasteiger partial charge in [-0.05, 0) is 54.8 Å². The average Bonchev–Trinajstić information content (AvgIpc) is 2.68. The lowest BCUT2D eigenvalue weighted by Crippen LogP contribution is -2.18. The molecular weight excluding hydrogens is 316 g/mol. The standard InChI is InChI=1S/C21H26O4/c1-5-16(2)21(24-14-17-6-10-19(22-3)11-7-17)25-15-18-8-12-20(23-4)13-9-18/h5-13,21H,14-15H2,1-4H3/b16-5+. The van der Waals surface area contributed by atoms with Crippen LogP contribution in [0.2, 0.25) is 0 Å². The Bertz CT molecular complexity index is 608. The van der Waals surface area contributed by atoms with Crippen LogP contribution in [0.25, 0.3) is 0 Å². The van der Waals surface area contributed by atoms with Crippen LogP contribution in [0.5, 0.6) is 11.5 Å². The van der Waals surface area contributed by atoms with Gasteiger partial charge in [-0.25, -0.2) is 0 Å². The van der Waals surface area contributed by atoms with Gasteiger partial charge in [-0.1, -0.05) is 30.3 Å². The van der Waals surface area contributed by atoms with Crippen molar-refractivity contribution in [2.24, 2.45) is 0 Å². The molecule has 25 heavy (non-hydrogen) atoms. The van der Waals surface area contributed by atoms with Crippen molar-refractivity contribution in [1.82, 2.24) is 0 Å². The summed E-state index contributed by atoms with van der Waals surface area (Å²) in [5.41, 5.74) is 3.19. The lowest BCUT2D eigenvalue weighted by Gasteiger charge is -2.20. The zero-order valence-electron chi connectivity index (χ0n) is 15.3. The molecule has 0 amide bonds. The molecule has 0 unspecified atom stereocenters. The Morgan fingerprint density at radius 1 is 0.800 bits per heavy atom. The van der Waals surface area contributed by atoms with Crippen molar-refractivity contribution in [2.75, 3.05) is 14.2 Å². The zero-order valence-corrected chi connectivity index (χ0v) is 15.3. The fourth-order valence-electron chi connectivity index (χ4n) is 2.23. The van der Waals surface area contributed by atoms with Gasteiger partial charge in [-0.15, -0.1) is 0 Å². The van der Waals surface area contributed by atoms with Gasteiger partial charge in [0.05, 0.1) is 27.4 Å². The van der Waals surface area contributed by atoms with Gasteiger partial charge < -0.3 is 18.9 Å². The van der Waals surface area contributed by atoms with Gasteiger partial charge in [0, 0.05) is 0 Å². The molecule has 0 radical (unpaired) electrons.